The van der Waals surface area contributed by atoms with Crippen LogP contribution in [-0.2, 0) is 9.59 Å². The fourth-order valence-electron chi connectivity index (χ4n) is 1.84. The van der Waals surface area contributed by atoms with Crippen molar-refractivity contribution in [2.45, 2.75) is 26.7 Å². The van der Waals surface area contributed by atoms with E-state index < -0.39 is 23.2 Å². The van der Waals surface area contributed by atoms with Crippen molar-refractivity contribution in [3.8, 4) is 11.5 Å². The summed E-state index contributed by atoms with van der Waals surface area (Å²) in [6.45, 7) is 3.07. The molecule has 2 aromatic heterocycles. The van der Waals surface area contributed by atoms with E-state index in [1.54, 1.807) is 0 Å². The van der Waals surface area contributed by atoms with Crippen molar-refractivity contribution in [3.63, 3.8) is 0 Å². The quantitative estimate of drug-likeness (QED) is 0.756. The van der Waals surface area contributed by atoms with Gasteiger partial charge in [0.1, 0.15) is 23.0 Å². The highest BCUT2D eigenvalue weighted by Crippen LogP contribution is 2.13. The SMILES string of the molecule is Cc1cc(OC(=O)CCC(=O)Oc2cc(C)oc(=O)c2)cc(=O)o1. The molecule has 2 aromatic rings. The number of ether oxygens (including phenoxy) is 2. The van der Waals surface area contributed by atoms with Crippen LogP contribution in [0.1, 0.15) is 24.4 Å². The Labute approximate surface area is 135 Å². The van der Waals surface area contributed by atoms with Crippen molar-refractivity contribution in [1.29, 1.82) is 0 Å². The van der Waals surface area contributed by atoms with Crippen molar-refractivity contribution in [1.82, 2.24) is 0 Å². The van der Waals surface area contributed by atoms with Gasteiger partial charge in [-0.2, -0.15) is 0 Å². The maximum absolute atomic E-state index is 11.7. The molecule has 8 heteroatoms. The lowest BCUT2D eigenvalue weighted by molar-refractivity contribution is -0.140. The minimum atomic E-state index is -0.708. The molecule has 24 heavy (non-hydrogen) atoms. The van der Waals surface area contributed by atoms with Gasteiger partial charge >= 0.3 is 23.2 Å². The van der Waals surface area contributed by atoms with E-state index in [-0.39, 0.29) is 24.3 Å². The number of carbonyl (C=O) groups is 2. The number of rotatable bonds is 5. The van der Waals surface area contributed by atoms with Crippen molar-refractivity contribution < 1.29 is 27.9 Å². The van der Waals surface area contributed by atoms with Crippen LogP contribution in [0.3, 0.4) is 0 Å². The topological polar surface area (TPSA) is 113 Å². The van der Waals surface area contributed by atoms with Crippen LogP contribution in [0, 0.1) is 13.8 Å². The summed E-state index contributed by atoms with van der Waals surface area (Å²) in [6.07, 6.45) is -0.503. The molecule has 0 bridgehead atoms. The number of hydrogen-bond acceptors (Lipinski definition) is 8. The second kappa shape index (κ2) is 7.40. The number of hydrogen-bond donors (Lipinski definition) is 0. The predicted octanol–water partition coefficient (Wildman–Crippen LogP) is 1.50. The highest BCUT2D eigenvalue weighted by molar-refractivity contribution is 5.80. The zero-order valence-corrected chi connectivity index (χ0v) is 13.0. The van der Waals surface area contributed by atoms with Crippen LogP contribution in [0.25, 0.3) is 0 Å². The zero-order chi connectivity index (χ0) is 17.7. The Kier molecular flexibility index (Phi) is 5.31. The molecule has 0 aliphatic heterocycles. The zero-order valence-electron chi connectivity index (χ0n) is 13.0. The molecule has 0 amide bonds. The predicted molar refractivity (Wildman–Crippen MR) is 79.9 cm³/mol. The van der Waals surface area contributed by atoms with E-state index in [4.69, 9.17) is 18.3 Å². The fraction of sp³-hybridized carbons (Fsp3) is 0.250. The molecule has 126 valence electrons. The largest absolute Gasteiger partial charge is 0.428 e. The summed E-state index contributed by atoms with van der Waals surface area (Å²) in [4.78, 5) is 45.6. The Morgan fingerprint density at radius 1 is 0.792 bits per heavy atom. The number of aryl methyl sites for hydroxylation is 2. The molecular weight excluding hydrogens is 320 g/mol. The summed E-state index contributed by atoms with van der Waals surface area (Å²) in [7, 11) is 0. The van der Waals surface area contributed by atoms with Crippen LogP contribution in [0.2, 0.25) is 0 Å². The van der Waals surface area contributed by atoms with Gasteiger partial charge in [0.2, 0.25) is 0 Å². The Morgan fingerprint density at radius 3 is 1.50 bits per heavy atom. The van der Waals surface area contributed by atoms with Gasteiger partial charge in [-0.05, 0) is 13.8 Å². The highest BCUT2D eigenvalue weighted by atomic mass is 16.5. The molecule has 0 aromatic carbocycles. The molecule has 0 fully saturated rings. The van der Waals surface area contributed by atoms with E-state index in [9.17, 15) is 19.2 Å². The van der Waals surface area contributed by atoms with E-state index in [2.05, 4.69) is 0 Å². The fourth-order valence-corrected chi connectivity index (χ4v) is 1.84. The minimum Gasteiger partial charge on any atom is -0.428 e. The van der Waals surface area contributed by atoms with E-state index >= 15 is 0 Å². The van der Waals surface area contributed by atoms with Gasteiger partial charge in [0.15, 0.2) is 0 Å². The first-order valence-corrected chi connectivity index (χ1v) is 6.97. The molecule has 0 saturated carbocycles. The number of carbonyl (C=O) groups excluding carboxylic acids is 2. The highest BCUT2D eigenvalue weighted by Gasteiger charge is 2.12. The maximum atomic E-state index is 11.7. The van der Waals surface area contributed by atoms with Crippen LogP contribution in [0.5, 0.6) is 11.5 Å². The van der Waals surface area contributed by atoms with Crippen molar-refractivity contribution in [2.24, 2.45) is 0 Å². The van der Waals surface area contributed by atoms with Gasteiger partial charge in [0, 0.05) is 12.1 Å². The van der Waals surface area contributed by atoms with Crippen LogP contribution in [0.15, 0.2) is 42.7 Å². The lowest BCUT2D eigenvalue weighted by Gasteiger charge is -2.05. The van der Waals surface area contributed by atoms with Gasteiger partial charge in [-0.3, -0.25) is 9.59 Å². The third-order valence-electron chi connectivity index (χ3n) is 2.73. The molecule has 8 nitrogen and oxygen atoms in total. The molecule has 0 atom stereocenters. The van der Waals surface area contributed by atoms with Crippen molar-refractivity contribution >= 4 is 11.9 Å². The molecule has 0 N–H and O–H groups in total. The van der Waals surface area contributed by atoms with E-state index in [1.807, 2.05) is 0 Å². The van der Waals surface area contributed by atoms with Crippen LogP contribution >= 0.6 is 0 Å². The van der Waals surface area contributed by atoms with Crippen LogP contribution < -0.4 is 20.7 Å². The van der Waals surface area contributed by atoms with Gasteiger partial charge < -0.3 is 18.3 Å². The van der Waals surface area contributed by atoms with E-state index in [0.29, 0.717) is 11.5 Å². The third-order valence-corrected chi connectivity index (χ3v) is 2.73. The summed E-state index contributed by atoms with van der Waals surface area (Å²) < 4.78 is 19.3. The summed E-state index contributed by atoms with van der Waals surface area (Å²) in [6, 6.07) is 4.80. The molecule has 0 aliphatic rings. The van der Waals surface area contributed by atoms with Gasteiger partial charge in [-0.1, -0.05) is 0 Å². The third kappa shape index (κ3) is 5.24. The lowest BCUT2D eigenvalue weighted by Crippen LogP contribution is -2.15. The first kappa shape index (κ1) is 17.2. The number of esters is 2. The van der Waals surface area contributed by atoms with Gasteiger partial charge in [-0.25, -0.2) is 9.59 Å². The maximum Gasteiger partial charge on any atom is 0.339 e. The van der Waals surface area contributed by atoms with Crippen molar-refractivity contribution in [2.75, 3.05) is 0 Å². The Hall–Kier alpha value is -3.16. The van der Waals surface area contributed by atoms with Crippen molar-refractivity contribution in [3.05, 3.63) is 56.6 Å². The Bertz CT molecular complexity index is 801. The smallest absolute Gasteiger partial charge is 0.339 e. The second-order valence-electron chi connectivity index (χ2n) is 4.89. The first-order valence-electron chi connectivity index (χ1n) is 6.97. The molecule has 0 radical (unpaired) electrons. The molecule has 0 aliphatic carbocycles. The Morgan fingerprint density at radius 2 is 1.17 bits per heavy atom. The molecule has 0 unspecified atom stereocenters. The Balaban J connectivity index is 1.88. The van der Waals surface area contributed by atoms with E-state index in [1.165, 1.54) is 26.0 Å². The van der Waals surface area contributed by atoms with Crippen LogP contribution in [0.4, 0.5) is 0 Å². The van der Waals surface area contributed by atoms with E-state index in [0.717, 1.165) is 12.1 Å². The summed E-state index contributed by atoms with van der Waals surface area (Å²) in [5.41, 5.74) is -1.29. The molecular formula is C16H14O8. The van der Waals surface area contributed by atoms with Gasteiger partial charge in [0.25, 0.3) is 0 Å². The minimum absolute atomic E-state index is 0.0402. The summed E-state index contributed by atoms with van der Waals surface area (Å²) in [5, 5.41) is 0. The van der Waals surface area contributed by atoms with Gasteiger partial charge in [-0.15, -0.1) is 0 Å². The summed E-state index contributed by atoms with van der Waals surface area (Å²) >= 11 is 0. The standard InChI is InChI=1S/C16H14O8/c1-9-5-11(7-15(19)21-9)23-13(17)3-4-14(18)24-12-6-10(2)22-16(20)8-12/h5-8H,3-4H2,1-2H3. The first-order chi connectivity index (χ1) is 11.3. The summed E-state index contributed by atoms with van der Waals surface area (Å²) in [5.74, 6) is -0.746. The average molecular weight is 334 g/mol. The molecule has 2 rings (SSSR count). The molecule has 0 saturated heterocycles. The van der Waals surface area contributed by atoms with Crippen LogP contribution in [-0.4, -0.2) is 11.9 Å². The molecule has 0 spiro atoms. The lowest BCUT2D eigenvalue weighted by atomic mass is 10.3. The van der Waals surface area contributed by atoms with Gasteiger partial charge in [0.05, 0.1) is 25.0 Å². The normalized spacial score (nSPS) is 10.2. The average Bonchev–Trinajstić information content (AvgIpc) is 2.42. The monoisotopic (exact) mass is 334 g/mol. The second-order valence-corrected chi connectivity index (χ2v) is 4.89. The molecule has 2 heterocycles.